The zero-order chi connectivity index (χ0) is 12.5. The van der Waals surface area contributed by atoms with E-state index in [4.69, 9.17) is 8.83 Å². The molecule has 1 unspecified atom stereocenters. The lowest BCUT2D eigenvalue weighted by atomic mass is 10.1. The topological polar surface area (TPSA) is 71.2 Å². The molecule has 0 aliphatic carbocycles. The third-order valence-electron chi connectivity index (χ3n) is 2.85. The van der Waals surface area contributed by atoms with Crippen LogP contribution in [0, 0.1) is 0 Å². The van der Waals surface area contributed by atoms with Crippen LogP contribution in [0.2, 0.25) is 0 Å². The molecule has 0 saturated heterocycles. The molecule has 0 radical (unpaired) electrons. The normalized spacial score (nSPS) is 12.7. The number of aromatic amines is 1. The lowest BCUT2D eigenvalue weighted by molar-refractivity contribution is 0.555. The second kappa shape index (κ2) is 4.10. The predicted octanol–water partition coefficient (Wildman–Crippen LogP) is 2.89. The Morgan fingerprint density at radius 3 is 3.00 bits per heavy atom. The van der Waals surface area contributed by atoms with E-state index in [9.17, 15) is 4.79 Å². The van der Waals surface area contributed by atoms with Crippen LogP contribution in [0.4, 0.5) is 5.69 Å². The van der Waals surface area contributed by atoms with Crippen LogP contribution in [-0.2, 0) is 0 Å². The third kappa shape index (κ3) is 1.90. The second-order valence-electron chi connectivity index (χ2n) is 4.15. The number of nitrogens with one attached hydrogen (secondary N) is 2. The molecule has 1 atom stereocenters. The molecular weight excluding hydrogens is 232 g/mol. The van der Waals surface area contributed by atoms with Gasteiger partial charge in [-0.15, -0.1) is 0 Å². The fourth-order valence-electron chi connectivity index (χ4n) is 1.90. The molecule has 0 saturated carbocycles. The number of benzene rings is 1. The number of hydrogen-bond donors (Lipinski definition) is 2. The van der Waals surface area contributed by atoms with Crippen LogP contribution in [0.5, 0.6) is 0 Å². The first kappa shape index (κ1) is 10.7. The quantitative estimate of drug-likeness (QED) is 0.743. The molecule has 1 aromatic carbocycles. The Kier molecular flexibility index (Phi) is 2.44. The van der Waals surface area contributed by atoms with Gasteiger partial charge in [0.2, 0.25) is 0 Å². The summed E-state index contributed by atoms with van der Waals surface area (Å²) in [7, 11) is 0. The number of aromatic nitrogens is 1. The van der Waals surface area contributed by atoms with E-state index in [1.807, 2.05) is 25.1 Å². The standard InChI is InChI=1S/C13H12N2O3/c1-8(9-4-5-17-7-9)14-10-2-3-12-11(6-10)15-13(16)18-12/h2-8,14H,1H3,(H,15,16). The van der Waals surface area contributed by atoms with Crippen LogP contribution in [-0.4, -0.2) is 4.98 Å². The average Bonchev–Trinajstić information content (AvgIpc) is 2.95. The molecule has 0 fully saturated rings. The van der Waals surface area contributed by atoms with Crippen molar-refractivity contribution in [3.05, 3.63) is 52.9 Å². The highest BCUT2D eigenvalue weighted by molar-refractivity contribution is 5.76. The Morgan fingerprint density at radius 2 is 2.22 bits per heavy atom. The number of H-pyrrole nitrogens is 1. The molecule has 18 heavy (non-hydrogen) atoms. The van der Waals surface area contributed by atoms with E-state index in [2.05, 4.69) is 10.3 Å². The number of anilines is 1. The summed E-state index contributed by atoms with van der Waals surface area (Å²) in [5.41, 5.74) is 3.22. The van der Waals surface area contributed by atoms with E-state index in [1.165, 1.54) is 0 Å². The van der Waals surface area contributed by atoms with Crippen LogP contribution in [0.25, 0.3) is 11.1 Å². The van der Waals surface area contributed by atoms with Crippen molar-refractivity contribution in [2.75, 3.05) is 5.32 Å². The molecule has 5 nitrogen and oxygen atoms in total. The molecule has 0 bridgehead atoms. The summed E-state index contributed by atoms with van der Waals surface area (Å²) >= 11 is 0. The summed E-state index contributed by atoms with van der Waals surface area (Å²) in [6.45, 7) is 2.03. The molecule has 5 heteroatoms. The monoisotopic (exact) mass is 244 g/mol. The maximum atomic E-state index is 11.1. The first-order valence-electron chi connectivity index (χ1n) is 5.64. The van der Waals surface area contributed by atoms with E-state index in [0.717, 1.165) is 11.3 Å². The van der Waals surface area contributed by atoms with Gasteiger partial charge in [0.05, 0.1) is 24.1 Å². The molecule has 3 aromatic rings. The van der Waals surface area contributed by atoms with Gasteiger partial charge in [-0.2, -0.15) is 0 Å². The van der Waals surface area contributed by atoms with Gasteiger partial charge in [-0.25, -0.2) is 4.79 Å². The number of furan rings is 1. The van der Waals surface area contributed by atoms with Gasteiger partial charge in [-0.05, 0) is 31.2 Å². The molecular formula is C13H12N2O3. The highest BCUT2D eigenvalue weighted by Gasteiger charge is 2.08. The van der Waals surface area contributed by atoms with E-state index in [-0.39, 0.29) is 6.04 Å². The Morgan fingerprint density at radius 1 is 1.33 bits per heavy atom. The summed E-state index contributed by atoms with van der Waals surface area (Å²) in [5.74, 6) is -0.440. The molecule has 0 amide bonds. The smallest absolute Gasteiger partial charge is 0.417 e. The van der Waals surface area contributed by atoms with E-state index < -0.39 is 5.76 Å². The first-order valence-corrected chi connectivity index (χ1v) is 5.64. The van der Waals surface area contributed by atoms with Gasteiger partial charge in [0.15, 0.2) is 5.58 Å². The maximum Gasteiger partial charge on any atom is 0.417 e. The van der Waals surface area contributed by atoms with Crippen molar-refractivity contribution < 1.29 is 8.83 Å². The van der Waals surface area contributed by atoms with Crippen LogP contribution in [0.15, 0.2) is 50.4 Å². The van der Waals surface area contributed by atoms with Crippen molar-refractivity contribution in [3.63, 3.8) is 0 Å². The summed E-state index contributed by atoms with van der Waals surface area (Å²) in [5, 5.41) is 3.32. The molecule has 0 spiro atoms. The van der Waals surface area contributed by atoms with Gasteiger partial charge >= 0.3 is 5.76 Å². The van der Waals surface area contributed by atoms with E-state index in [1.54, 1.807) is 18.6 Å². The van der Waals surface area contributed by atoms with Gasteiger partial charge in [-0.1, -0.05) is 0 Å². The Hall–Kier alpha value is -2.43. The number of fused-ring (bicyclic) bond motifs is 1. The van der Waals surface area contributed by atoms with Crippen LogP contribution in [0.3, 0.4) is 0 Å². The summed E-state index contributed by atoms with van der Waals surface area (Å²) in [6.07, 6.45) is 3.35. The Bertz CT molecular complexity index is 709. The fourth-order valence-corrected chi connectivity index (χ4v) is 1.90. The molecule has 2 heterocycles. The minimum atomic E-state index is -0.440. The van der Waals surface area contributed by atoms with Gasteiger partial charge in [0.1, 0.15) is 0 Å². The lowest BCUT2D eigenvalue weighted by Gasteiger charge is -2.13. The first-order chi connectivity index (χ1) is 8.72. The number of rotatable bonds is 3. The van der Waals surface area contributed by atoms with E-state index in [0.29, 0.717) is 11.1 Å². The minimum absolute atomic E-state index is 0.125. The molecule has 0 aliphatic rings. The fraction of sp³-hybridized carbons (Fsp3) is 0.154. The van der Waals surface area contributed by atoms with Crippen molar-refractivity contribution in [2.45, 2.75) is 13.0 Å². The van der Waals surface area contributed by atoms with Crippen LogP contribution < -0.4 is 11.1 Å². The largest absolute Gasteiger partial charge is 0.472 e. The summed E-state index contributed by atoms with van der Waals surface area (Å²) in [6, 6.07) is 7.51. The average molecular weight is 244 g/mol. The Labute approximate surface area is 102 Å². The van der Waals surface area contributed by atoms with Crippen molar-refractivity contribution in [3.8, 4) is 0 Å². The van der Waals surface area contributed by atoms with Gasteiger partial charge in [-0.3, -0.25) is 4.98 Å². The van der Waals surface area contributed by atoms with Gasteiger partial charge in [0.25, 0.3) is 0 Å². The highest BCUT2D eigenvalue weighted by atomic mass is 16.4. The number of hydrogen-bond acceptors (Lipinski definition) is 4. The van der Waals surface area contributed by atoms with E-state index >= 15 is 0 Å². The second-order valence-corrected chi connectivity index (χ2v) is 4.15. The zero-order valence-corrected chi connectivity index (χ0v) is 9.77. The summed E-state index contributed by atoms with van der Waals surface area (Å²) in [4.78, 5) is 13.7. The maximum absolute atomic E-state index is 11.1. The highest BCUT2D eigenvalue weighted by Crippen LogP contribution is 2.22. The van der Waals surface area contributed by atoms with Crippen LogP contribution >= 0.6 is 0 Å². The lowest BCUT2D eigenvalue weighted by Crippen LogP contribution is -2.05. The van der Waals surface area contributed by atoms with Crippen molar-refractivity contribution >= 4 is 16.8 Å². The molecule has 92 valence electrons. The molecule has 0 aliphatic heterocycles. The van der Waals surface area contributed by atoms with Crippen molar-refractivity contribution in [1.29, 1.82) is 0 Å². The summed E-state index contributed by atoms with van der Waals surface area (Å²) < 4.78 is 9.99. The SMILES string of the molecule is CC(Nc1ccc2oc(=O)[nH]c2c1)c1ccoc1. The molecule has 3 rings (SSSR count). The predicted molar refractivity (Wildman–Crippen MR) is 67.6 cm³/mol. The van der Waals surface area contributed by atoms with Gasteiger partial charge < -0.3 is 14.2 Å². The molecule has 2 N–H and O–H groups in total. The number of oxazole rings is 1. The third-order valence-corrected chi connectivity index (χ3v) is 2.85. The molecule has 2 aromatic heterocycles. The Balaban J connectivity index is 1.88. The zero-order valence-electron chi connectivity index (χ0n) is 9.77. The van der Waals surface area contributed by atoms with Crippen molar-refractivity contribution in [2.24, 2.45) is 0 Å². The van der Waals surface area contributed by atoms with Crippen molar-refractivity contribution in [1.82, 2.24) is 4.98 Å². The minimum Gasteiger partial charge on any atom is -0.472 e. The van der Waals surface area contributed by atoms with Crippen LogP contribution in [0.1, 0.15) is 18.5 Å². The van der Waals surface area contributed by atoms with Gasteiger partial charge in [0, 0.05) is 11.3 Å².